The zero-order valence-electron chi connectivity index (χ0n) is 15.5. The average molecular weight is 354 g/mol. The molecule has 25 heavy (non-hydrogen) atoms. The Kier molecular flexibility index (Phi) is 11.2. The highest BCUT2D eigenvalue weighted by Crippen LogP contribution is 2.41. The van der Waals surface area contributed by atoms with E-state index in [0.717, 1.165) is 38.5 Å². The molecule has 1 fully saturated rings. The average Bonchev–Trinajstić information content (AvgIpc) is 2.97. The fraction of sp³-hybridized carbons (Fsp3) is 0.800. The van der Waals surface area contributed by atoms with Gasteiger partial charge in [0.1, 0.15) is 6.61 Å². The first kappa shape index (κ1) is 21.7. The Morgan fingerprint density at radius 3 is 2.56 bits per heavy atom. The molecule has 144 valence electrons. The van der Waals surface area contributed by atoms with Crippen LogP contribution in [0.15, 0.2) is 12.2 Å². The predicted molar refractivity (Wildman–Crippen MR) is 97.5 cm³/mol. The van der Waals surface area contributed by atoms with Gasteiger partial charge in [0.05, 0.1) is 5.92 Å². The molecule has 0 spiro atoms. The number of aliphatic carboxylic acids is 2. The molecule has 0 aromatic rings. The normalized spacial score (nSPS) is 23.3. The molecule has 0 unspecified atom stereocenters. The second-order valence-electron chi connectivity index (χ2n) is 7.07. The molecule has 0 saturated heterocycles. The zero-order valence-corrected chi connectivity index (χ0v) is 15.5. The maximum absolute atomic E-state index is 11.5. The number of ether oxygens (including phenoxy) is 1. The molecule has 2 N–H and O–H groups in total. The smallest absolute Gasteiger partial charge is 0.329 e. The summed E-state index contributed by atoms with van der Waals surface area (Å²) in [6.45, 7) is 2.37. The van der Waals surface area contributed by atoms with E-state index in [1.807, 2.05) is 0 Å². The molecule has 1 rings (SSSR count). The van der Waals surface area contributed by atoms with Gasteiger partial charge in [0.15, 0.2) is 0 Å². The van der Waals surface area contributed by atoms with Crippen LogP contribution in [-0.2, 0) is 14.3 Å². The van der Waals surface area contributed by atoms with Crippen molar-refractivity contribution in [1.82, 2.24) is 0 Å². The van der Waals surface area contributed by atoms with Gasteiger partial charge in [-0.25, -0.2) is 4.79 Å². The maximum Gasteiger partial charge on any atom is 0.329 e. The topological polar surface area (TPSA) is 83.8 Å². The van der Waals surface area contributed by atoms with Crippen LogP contribution in [0.4, 0.5) is 0 Å². The molecule has 0 aromatic carbocycles. The summed E-state index contributed by atoms with van der Waals surface area (Å²) < 4.78 is 5.04. The highest BCUT2D eigenvalue weighted by Gasteiger charge is 2.38. The van der Waals surface area contributed by atoms with Gasteiger partial charge in [-0.1, -0.05) is 44.8 Å². The number of allylic oxidation sites excluding steroid dienone is 2. The molecule has 0 heterocycles. The van der Waals surface area contributed by atoms with Crippen molar-refractivity contribution in [1.29, 1.82) is 0 Å². The summed E-state index contributed by atoms with van der Waals surface area (Å²) in [4.78, 5) is 21.9. The van der Waals surface area contributed by atoms with Crippen molar-refractivity contribution < 1.29 is 24.5 Å². The summed E-state index contributed by atoms with van der Waals surface area (Å²) in [6.07, 6.45) is 14.8. The minimum Gasteiger partial charge on any atom is -0.481 e. The van der Waals surface area contributed by atoms with Crippen molar-refractivity contribution in [3.63, 3.8) is 0 Å². The van der Waals surface area contributed by atoms with Crippen LogP contribution in [-0.4, -0.2) is 35.4 Å². The number of carbonyl (C=O) groups is 2. The van der Waals surface area contributed by atoms with Crippen molar-refractivity contribution in [3.05, 3.63) is 12.2 Å². The molecule has 5 nitrogen and oxygen atoms in total. The molecule has 0 amide bonds. The third-order valence-corrected chi connectivity index (χ3v) is 5.10. The number of hydrogen-bond acceptors (Lipinski definition) is 3. The Balaban J connectivity index is 2.36. The summed E-state index contributed by atoms with van der Waals surface area (Å²) in [6, 6.07) is 0. The predicted octanol–water partition coefficient (Wildman–Crippen LogP) is 4.51. The summed E-state index contributed by atoms with van der Waals surface area (Å²) >= 11 is 0. The number of hydrogen-bond donors (Lipinski definition) is 2. The molecular formula is C20H34O5. The van der Waals surface area contributed by atoms with Gasteiger partial charge >= 0.3 is 11.9 Å². The van der Waals surface area contributed by atoms with Gasteiger partial charge < -0.3 is 14.9 Å². The van der Waals surface area contributed by atoms with Gasteiger partial charge in [-0.15, -0.1) is 0 Å². The molecule has 1 aliphatic rings. The Labute approximate surface area is 151 Å². The lowest BCUT2D eigenvalue weighted by atomic mass is 9.84. The van der Waals surface area contributed by atoms with E-state index >= 15 is 0 Å². The van der Waals surface area contributed by atoms with Gasteiger partial charge in [0, 0.05) is 6.61 Å². The van der Waals surface area contributed by atoms with E-state index in [1.165, 1.54) is 25.7 Å². The van der Waals surface area contributed by atoms with Crippen LogP contribution in [0.2, 0.25) is 0 Å². The van der Waals surface area contributed by atoms with Gasteiger partial charge in [-0.3, -0.25) is 4.79 Å². The number of rotatable bonds is 14. The van der Waals surface area contributed by atoms with Crippen LogP contribution in [0.1, 0.15) is 71.1 Å². The Morgan fingerprint density at radius 2 is 1.88 bits per heavy atom. The van der Waals surface area contributed by atoms with E-state index in [0.29, 0.717) is 12.5 Å². The van der Waals surface area contributed by atoms with Crippen LogP contribution in [0.3, 0.4) is 0 Å². The number of carboxylic acids is 2. The van der Waals surface area contributed by atoms with E-state index in [9.17, 15) is 14.7 Å². The van der Waals surface area contributed by atoms with Crippen molar-refractivity contribution in [2.24, 2.45) is 17.8 Å². The molecule has 3 atom stereocenters. The summed E-state index contributed by atoms with van der Waals surface area (Å²) in [5.41, 5.74) is 0. The van der Waals surface area contributed by atoms with Gasteiger partial charge in [-0.05, 0) is 50.4 Å². The van der Waals surface area contributed by atoms with E-state index in [2.05, 4.69) is 19.1 Å². The monoisotopic (exact) mass is 354 g/mol. The van der Waals surface area contributed by atoms with Crippen LogP contribution in [0.5, 0.6) is 0 Å². The Bertz CT molecular complexity index is 418. The first-order chi connectivity index (χ1) is 12.1. The molecule has 0 aliphatic heterocycles. The number of carboxylic acid groups (broad SMARTS) is 2. The first-order valence-corrected chi connectivity index (χ1v) is 9.75. The van der Waals surface area contributed by atoms with Crippen molar-refractivity contribution >= 4 is 11.9 Å². The van der Waals surface area contributed by atoms with Gasteiger partial charge in [-0.2, -0.15) is 0 Å². The van der Waals surface area contributed by atoms with E-state index in [-0.39, 0.29) is 18.4 Å². The van der Waals surface area contributed by atoms with Crippen molar-refractivity contribution in [2.45, 2.75) is 71.1 Å². The quantitative estimate of drug-likeness (QED) is 0.354. The van der Waals surface area contributed by atoms with Crippen LogP contribution in [0, 0.1) is 17.8 Å². The van der Waals surface area contributed by atoms with Crippen molar-refractivity contribution in [3.8, 4) is 0 Å². The van der Waals surface area contributed by atoms with Gasteiger partial charge in [0.2, 0.25) is 0 Å². The third kappa shape index (κ3) is 9.05. The lowest BCUT2D eigenvalue weighted by Gasteiger charge is -2.20. The summed E-state index contributed by atoms with van der Waals surface area (Å²) in [7, 11) is 0. The molecule has 1 saturated carbocycles. The minimum atomic E-state index is -0.953. The maximum atomic E-state index is 11.5. The Morgan fingerprint density at radius 1 is 1.08 bits per heavy atom. The zero-order chi connectivity index (χ0) is 18.5. The second-order valence-corrected chi connectivity index (χ2v) is 7.07. The second kappa shape index (κ2) is 12.9. The van der Waals surface area contributed by atoms with Gasteiger partial charge in [0.25, 0.3) is 0 Å². The highest BCUT2D eigenvalue weighted by molar-refractivity contribution is 5.71. The van der Waals surface area contributed by atoms with E-state index in [1.54, 1.807) is 0 Å². The largest absolute Gasteiger partial charge is 0.481 e. The van der Waals surface area contributed by atoms with Crippen LogP contribution < -0.4 is 0 Å². The SMILES string of the molecule is CCCCCCC=C[C@H]1CC[C@@H](C(=O)O)[C@@H]1CCCCOCC(=O)O. The standard InChI is InChI=1S/C20H34O5/c1-2-3-4-5-6-7-10-16-12-13-18(20(23)24)17(16)11-8-9-14-25-15-19(21)22/h7,10,16-18H,2-6,8-9,11-15H2,1H3,(H,21,22)(H,23,24)/t16-,17+,18+/m0/s1. The summed E-state index contributed by atoms with van der Waals surface area (Å²) in [5.74, 6) is -1.30. The van der Waals surface area contributed by atoms with Crippen LogP contribution >= 0.6 is 0 Å². The minimum absolute atomic E-state index is 0.198. The summed E-state index contributed by atoms with van der Waals surface area (Å²) in [5, 5.41) is 18.0. The highest BCUT2D eigenvalue weighted by atomic mass is 16.5. The fourth-order valence-corrected chi connectivity index (χ4v) is 3.76. The van der Waals surface area contributed by atoms with E-state index in [4.69, 9.17) is 9.84 Å². The fourth-order valence-electron chi connectivity index (χ4n) is 3.76. The number of unbranched alkanes of at least 4 members (excludes halogenated alkanes) is 5. The lowest BCUT2D eigenvalue weighted by molar-refractivity contribution is -0.144. The molecule has 0 radical (unpaired) electrons. The molecule has 0 aromatic heterocycles. The van der Waals surface area contributed by atoms with E-state index < -0.39 is 11.9 Å². The lowest BCUT2D eigenvalue weighted by Crippen LogP contribution is -2.21. The molecule has 0 bridgehead atoms. The molecule has 1 aliphatic carbocycles. The Hall–Kier alpha value is -1.36. The van der Waals surface area contributed by atoms with Crippen LogP contribution in [0.25, 0.3) is 0 Å². The first-order valence-electron chi connectivity index (χ1n) is 9.75. The third-order valence-electron chi connectivity index (χ3n) is 5.10. The molecule has 5 heteroatoms. The van der Waals surface area contributed by atoms with Crippen molar-refractivity contribution in [2.75, 3.05) is 13.2 Å². The molecular weight excluding hydrogens is 320 g/mol.